The number of para-hydroxylation sites is 2. The second-order valence-electron chi connectivity index (χ2n) is 7.75. The van der Waals surface area contributed by atoms with Crippen molar-refractivity contribution in [1.82, 2.24) is 0 Å². The summed E-state index contributed by atoms with van der Waals surface area (Å²) in [5.74, 6) is 0. The Hall–Kier alpha value is -1.68. The summed E-state index contributed by atoms with van der Waals surface area (Å²) in [6, 6.07) is 18.7. The number of pyridine rings is 1. The zero-order chi connectivity index (χ0) is 23.4. The third-order valence-electron chi connectivity index (χ3n) is 5.56. The summed E-state index contributed by atoms with van der Waals surface area (Å²) in [6.45, 7) is 9.87. The van der Waals surface area contributed by atoms with Crippen LogP contribution in [0.3, 0.4) is 0 Å². The molecule has 1 aliphatic heterocycles. The smallest absolute Gasteiger partial charge is 0.673 e. The van der Waals surface area contributed by atoms with Crippen LogP contribution in [-0.2, 0) is 12.0 Å². The first kappa shape index (κ1) is 28.4. The lowest BCUT2D eigenvalue weighted by Gasteiger charge is -2.14. The molecule has 0 amide bonds. The average Bonchev–Trinajstić information content (AvgIpc) is 2.89. The van der Waals surface area contributed by atoms with Gasteiger partial charge in [-0.15, -0.1) is 0 Å². The molecule has 2 nitrogen and oxygen atoms in total. The van der Waals surface area contributed by atoms with Crippen LogP contribution >= 0.6 is 11.6 Å². The lowest BCUT2D eigenvalue weighted by atomic mass is 9.82. The third-order valence-corrected chi connectivity index (χ3v) is 5.89. The normalized spacial score (nSPS) is 13.9. The Morgan fingerprint density at radius 2 is 1.47 bits per heavy atom. The van der Waals surface area contributed by atoms with Gasteiger partial charge in [-0.2, -0.15) is 4.57 Å². The highest BCUT2D eigenvalue weighted by atomic mass is 127. The van der Waals surface area contributed by atoms with E-state index in [0.29, 0.717) is 0 Å². The van der Waals surface area contributed by atoms with E-state index < -0.39 is 7.25 Å². The molecule has 174 valence electrons. The zero-order valence-corrected chi connectivity index (χ0v) is 21.6. The van der Waals surface area contributed by atoms with Crippen molar-refractivity contribution in [1.29, 1.82) is 0 Å². The molecule has 2 aromatic carbocycles. The van der Waals surface area contributed by atoms with Gasteiger partial charge in [-0.25, -0.2) is 4.58 Å². The van der Waals surface area contributed by atoms with Crippen molar-refractivity contribution >= 4 is 41.2 Å². The molecule has 32 heavy (non-hydrogen) atoms. The first-order chi connectivity index (χ1) is 14.4. The van der Waals surface area contributed by atoms with Gasteiger partial charge in [0.25, 0.3) is 0 Å². The van der Waals surface area contributed by atoms with Gasteiger partial charge in [-0.3, -0.25) is 0 Å². The van der Waals surface area contributed by atoms with Crippen LogP contribution < -0.4 is 28.5 Å². The number of aryl methyl sites for hydroxylation is 1. The maximum atomic E-state index is 9.75. The van der Waals surface area contributed by atoms with E-state index in [0.717, 1.165) is 17.0 Å². The Bertz CT molecular complexity index is 1090. The van der Waals surface area contributed by atoms with Crippen LogP contribution in [0.4, 0.5) is 23.0 Å². The summed E-state index contributed by atoms with van der Waals surface area (Å²) in [5.41, 5.74) is 5.61. The molecule has 2 heterocycles. The Kier molecular flexibility index (Phi) is 10.1. The fourth-order valence-corrected chi connectivity index (χ4v) is 3.83. The SMILES string of the molecule is CC1=[N+](C)c2ccccc2C1(C)C.CC[n+]1ccc(Cl)c2ccccc21.F[B-](F)(F)F.[I-]. The van der Waals surface area contributed by atoms with Crippen molar-refractivity contribution in [3.05, 3.63) is 71.4 Å². The van der Waals surface area contributed by atoms with E-state index in [1.54, 1.807) is 0 Å². The molecule has 0 atom stereocenters. The highest BCUT2D eigenvalue weighted by Gasteiger charge is 2.40. The van der Waals surface area contributed by atoms with Crippen LogP contribution in [0.2, 0.25) is 5.02 Å². The number of halogens is 6. The standard InChI is InChI=1S/C12H16N.C11H11ClN.BF4.HI/c1-9-12(2,3)10-7-5-6-8-11(10)13(9)4;1-2-13-8-7-10(12)9-5-3-4-6-11(9)13;2-1(3,4)5;/h5-8H,1-4H3;3-8H,2H2,1H3;;1H/q2*+1;-1;/p-1. The average molecular weight is 581 g/mol. The lowest BCUT2D eigenvalue weighted by Crippen LogP contribution is -3.00. The molecule has 0 radical (unpaired) electrons. The Morgan fingerprint density at radius 1 is 0.938 bits per heavy atom. The van der Waals surface area contributed by atoms with E-state index in [9.17, 15) is 17.3 Å². The molecular weight excluding hydrogens is 553 g/mol. The quantitative estimate of drug-likeness (QED) is 0.179. The highest BCUT2D eigenvalue weighted by Crippen LogP contribution is 2.38. The van der Waals surface area contributed by atoms with Gasteiger partial charge in [0.2, 0.25) is 11.2 Å². The number of hydrogen-bond acceptors (Lipinski definition) is 0. The summed E-state index contributed by atoms with van der Waals surface area (Å²) in [5, 5.41) is 1.94. The van der Waals surface area contributed by atoms with Gasteiger partial charge in [-0.05, 0) is 26.8 Å². The van der Waals surface area contributed by atoms with Gasteiger partial charge < -0.3 is 41.2 Å². The highest BCUT2D eigenvalue weighted by molar-refractivity contribution is 6.50. The fraction of sp³-hybridized carbons (Fsp3) is 0.304. The predicted molar refractivity (Wildman–Crippen MR) is 121 cm³/mol. The van der Waals surface area contributed by atoms with Gasteiger partial charge in [0.1, 0.15) is 13.6 Å². The molecule has 0 bridgehead atoms. The summed E-state index contributed by atoms with van der Waals surface area (Å²) in [7, 11) is -3.86. The number of nitrogens with zero attached hydrogens (tertiary/aromatic N) is 2. The van der Waals surface area contributed by atoms with E-state index in [4.69, 9.17) is 11.6 Å². The summed E-state index contributed by atoms with van der Waals surface area (Å²) in [6.07, 6.45) is 2.02. The van der Waals surface area contributed by atoms with Crippen LogP contribution in [-0.4, -0.2) is 24.6 Å². The molecule has 3 aromatic rings. The zero-order valence-electron chi connectivity index (χ0n) is 18.7. The number of hydrogen-bond donors (Lipinski definition) is 0. The van der Waals surface area contributed by atoms with Crippen LogP contribution in [0.15, 0.2) is 60.8 Å². The molecule has 9 heteroatoms. The number of aromatic nitrogens is 1. The summed E-state index contributed by atoms with van der Waals surface area (Å²) >= 11 is 6.07. The Morgan fingerprint density at radius 3 is 2.03 bits per heavy atom. The minimum absolute atomic E-state index is 0. The molecule has 0 aliphatic carbocycles. The van der Waals surface area contributed by atoms with Gasteiger partial charge in [0, 0.05) is 30.7 Å². The van der Waals surface area contributed by atoms with Crippen molar-refractivity contribution in [3.63, 3.8) is 0 Å². The van der Waals surface area contributed by atoms with E-state index in [1.165, 1.54) is 22.5 Å². The third kappa shape index (κ3) is 6.91. The molecule has 1 aliphatic rings. The summed E-state index contributed by atoms with van der Waals surface area (Å²) in [4.78, 5) is 0. The second-order valence-corrected chi connectivity index (χ2v) is 8.16. The van der Waals surface area contributed by atoms with E-state index >= 15 is 0 Å². The minimum atomic E-state index is -6.00. The molecule has 0 N–H and O–H groups in total. The van der Waals surface area contributed by atoms with Crippen molar-refractivity contribution in [2.45, 2.75) is 39.7 Å². The van der Waals surface area contributed by atoms with Crippen LogP contribution in [0.1, 0.15) is 33.3 Å². The maximum absolute atomic E-state index is 9.75. The molecule has 4 rings (SSSR count). The lowest BCUT2D eigenvalue weighted by molar-refractivity contribution is -0.667. The number of benzene rings is 2. The van der Waals surface area contributed by atoms with Gasteiger partial charge in [0.15, 0.2) is 11.9 Å². The molecule has 0 fully saturated rings. The van der Waals surface area contributed by atoms with Gasteiger partial charge >= 0.3 is 7.25 Å². The van der Waals surface area contributed by atoms with Crippen molar-refractivity contribution in [2.24, 2.45) is 0 Å². The van der Waals surface area contributed by atoms with Crippen LogP contribution in [0.5, 0.6) is 0 Å². The predicted octanol–water partition coefficient (Wildman–Crippen LogP) is 3.82. The Labute approximate surface area is 209 Å². The number of fused-ring (bicyclic) bond motifs is 2. The van der Waals surface area contributed by atoms with Crippen molar-refractivity contribution in [3.8, 4) is 0 Å². The first-order valence-corrected chi connectivity index (χ1v) is 10.4. The van der Waals surface area contributed by atoms with Gasteiger partial charge in [0.05, 0.1) is 15.8 Å². The Balaban J connectivity index is 0.000000259. The van der Waals surface area contributed by atoms with E-state index in [2.05, 4.69) is 74.2 Å². The molecular formula is C23H27BClF4IN2. The maximum Gasteiger partial charge on any atom is 0.673 e. The minimum Gasteiger partial charge on any atom is -1.00 e. The fourth-order valence-electron chi connectivity index (χ4n) is 3.62. The topological polar surface area (TPSA) is 6.89 Å². The van der Waals surface area contributed by atoms with Gasteiger partial charge in [-0.1, -0.05) is 41.9 Å². The number of rotatable bonds is 1. The second kappa shape index (κ2) is 11.5. The van der Waals surface area contributed by atoms with E-state index in [-0.39, 0.29) is 29.4 Å². The molecule has 0 saturated heterocycles. The summed E-state index contributed by atoms with van der Waals surface area (Å²) < 4.78 is 43.5. The van der Waals surface area contributed by atoms with Crippen LogP contribution in [0, 0.1) is 0 Å². The largest absolute Gasteiger partial charge is 1.00 e. The molecule has 0 spiro atoms. The monoisotopic (exact) mass is 580 g/mol. The van der Waals surface area contributed by atoms with Crippen molar-refractivity contribution in [2.75, 3.05) is 7.05 Å². The van der Waals surface area contributed by atoms with Crippen molar-refractivity contribution < 1.29 is 50.4 Å². The molecule has 0 unspecified atom stereocenters. The molecule has 1 aromatic heterocycles. The van der Waals surface area contributed by atoms with E-state index in [1.807, 2.05) is 30.5 Å². The first-order valence-electron chi connectivity index (χ1n) is 9.99. The van der Waals surface area contributed by atoms with Crippen LogP contribution in [0.25, 0.3) is 10.9 Å². The molecule has 0 saturated carbocycles.